The van der Waals surface area contributed by atoms with E-state index in [1.807, 2.05) is 31.4 Å². The number of pyridine rings is 1. The van der Waals surface area contributed by atoms with Gasteiger partial charge in [-0.2, -0.15) is 0 Å². The maximum Gasteiger partial charge on any atom is 0.227 e. The highest BCUT2D eigenvalue weighted by molar-refractivity contribution is 7.96. The quantitative estimate of drug-likeness (QED) is 0.691. The monoisotopic (exact) mass is 369 g/mol. The van der Waals surface area contributed by atoms with Crippen molar-refractivity contribution in [3.63, 3.8) is 0 Å². The molecule has 0 aliphatic carbocycles. The number of rotatable bonds is 6. The van der Waals surface area contributed by atoms with Crippen LogP contribution in [0.4, 0.5) is 5.69 Å². The molecule has 1 aromatic heterocycles. The molecule has 0 saturated carbocycles. The highest BCUT2D eigenvalue weighted by Gasteiger charge is 2.21. The summed E-state index contributed by atoms with van der Waals surface area (Å²) >= 11 is 1.87. The van der Waals surface area contributed by atoms with E-state index < -0.39 is 0 Å². The lowest BCUT2D eigenvalue weighted by molar-refractivity contribution is -0.118. The molecule has 1 atom stereocenters. The van der Waals surface area contributed by atoms with E-state index in [9.17, 15) is 4.79 Å². The molecule has 2 heterocycles. The van der Waals surface area contributed by atoms with Gasteiger partial charge in [-0.05, 0) is 48.2 Å². The van der Waals surface area contributed by atoms with Crippen molar-refractivity contribution in [1.29, 1.82) is 0 Å². The lowest BCUT2D eigenvalue weighted by atomic mass is 9.96. The zero-order chi connectivity index (χ0) is 18.7. The van der Waals surface area contributed by atoms with Crippen LogP contribution in [-0.4, -0.2) is 34.5 Å². The number of hydrogen-bond donors (Lipinski definition) is 0. The molecule has 4 nitrogen and oxygen atoms in total. The van der Waals surface area contributed by atoms with E-state index in [2.05, 4.69) is 54.3 Å². The second kappa shape index (κ2) is 8.23. The van der Waals surface area contributed by atoms with E-state index in [-0.39, 0.29) is 5.91 Å². The maximum absolute atomic E-state index is 11.9. The highest BCUT2D eigenvalue weighted by atomic mass is 32.2. The molecule has 0 spiro atoms. The summed E-state index contributed by atoms with van der Waals surface area (Å²) in [6, 6.07) is 8.93. The van der Waals surface area contributed by atoms with Gasteiger partial charge in [0.25, 0.3) is 0 Å². The van der Waals surface area contributed by atoms with Gasteiger partial charge in [0.15, 0.2) is 0 Å². The number of carbonyl (C=O) groups excluding carboxylic acids is 1. The summed E-state index contributed by atoms with van der Waals surface area (Å²) in [4.78, 5) is 18.1. The second-order valence-electron chi connectivity index (χ2n) is 6.63. The first kappa shape index (κ1) is 18.9. The predicted octanol–water partition coefficient (Wildman–Crippen LogP) is 4.71. The van der Waals surface area contributed by atoms with Crippen LogP contribution in [0.2, 0.25) is 0 Å². The number of aryl methyl sites for hydroxylation is 1. The standard InChI is InChI=1S/C21H27N3OS/c1-5-24(26-6-2)15(3)18-12-19(14-22-13-18)16-7-9-20-17(11-16)8-10-21(25)23(20)4/h7,9,11-15H,5-6,8,10H2,1-4H3. The van der Waals surface area contributed by atoms with Crippen LogP contribution in [-0.2, 0) is 11.2 Å². The van der Waals surface area contributed by atoms with Crippen molar-refractivity contribution in [3.05, 3.63) is 47.8 Å². The molecular weight excluding hydrogens is 342 g/mol. The van der Waals surface area contributed by atoms with Crippen LogP contribution in [0.25, 0.3) is 11.1 Å². The minimum absolute atomic E-state index is 0.191. The Bertz CT molecular complexity index is 793. The van der Waals surface area contributed by atoms with E-state index in [1.54, 1.807) is 4.90 Å². The number of nitrogens with zero attached hydrogens (tertiary/aromatic N) is 3. The fourth-order valence-electron chi connectivity index (χ4n) is 3.49. The Hall–Kier alpha value is -1.85. The van der Waals surface area contributed by atoms with E-state index in [1.165, 1.54) is 16.7 Å². The lowest BCUT2D eigenvalue weighted by Crippen LogP contribution is -2.30. The number of benzene rings is 1. The normalized spacial score (nSPS) is 15.3. The molecule has 1 aliphatic rings. The highest BCUT2D eigenvalue weighted by Crippen LogP contribution is 2.33. The third kappa shape index (κ3) is 3.79. The van der Waals surface area contributed by atoms with Crippen molar-refractivity contribution < 1.29 is 4.79 Å². The number of aromatic nitrogens is 1. The van der Waals surface area contributed by atoms with Crippen molar-refractivity contribution in [3.8, 4) is 11.1 Å². The molecule has 26 heavy (non-hydrogen) atoms. The molecule has 1 unspecified atom stereocenters. The van der Waals surface area contributed by atoms with E-state index in [0.29, 0.717) is 12.5 Å². The fourth-order valence-corrected chi connectivity index (χ4v) is 4.35. The van der Waals surface area contributed by atoms with Gasteiger partial charge in [-0.3, -0.25) is 9.78 Å². The molecule has 0 saturated heterocycles. The third-order valence-electron chi connectivity index (χ3n) is 5.04. The van der Waals surface area contributed by atoms with Crippen LogP contribution in [0, 0.1) is 0 Å². The van der Waals surface area contributed by atoms with Crippen LogP contribution in [0.3, 0.4) is 0 Å². The Balaban J connectivity index is 1.90. The summed E-state index contributed by atoms with van der Waals surface area (Å²) in [6.07, 6.45) is 5.30. The van der Waals surface area contributed by atoms with Gasteiger partial charge in [0, 0.05) is 55.5 Å². The summed E-state index contributed by atoms with van der Waals surface area (Å²) in [5.41, 5.74) is 5.79. The van der Waals surface area contributed by atoms with Crippen LogP contribution in [0.1, 0.15) is 44.4 Å². The van der Waals surface area contributed by atoms with Crippen molar-refractivity contribution in [2.45, 2.75) is 39.7 Å². The lowest BCUT2D eigenvalue weighted by Gasteiger charge is -2.27. The molecular formula is C21H27N3OS. The minimum Gasteiger partial charge on any atom is -0.315 e. The summed E-state index contributed by atoms with van der Waals surface area (Å²) in [5, 5.41) is 0. The number of fused-ring (bicyclic) bond motifs is 1. The Morgan fingerprint density at radius 2 is 2.00 bits per heavy atom. The van der Waals surface area contributed by atoms with E-state index in [4.69, 9.17) is 0 Å². The zero-order valence-corrected chi connectivity index (χ0v) is 16.8. The second-order valence-corrected chi connectivity index (χ2v) is 7.93. The van der Waals surface area contributed by atoms with Crippen LogP contribution < -0.4 is 4.90 Å². The fraction of sp³-hybridized carbons (Fsp3) is 0.429. The Kier molecular flexibility index (Phi) is 5.99. The molecule has 1 amide bonds. The number of amides is 1. The van der Waals surface area contributed by atoms with Crippen LogP contribution in [0.15, 0.2) is 36.7 Å². The zero-order valence-electron chi connectivity index (χ0n) is 16.0. The topological polar surface area (TPSA) is 36.4 Å². The van der Waals surface area contributed by atoms with Gasteiger partial charge in [0.05, 0.1) is 0 Å². The minimum atomic E-state index is 0.191. The summed E-state index contributed by atoms with van der Waals surface area (Å²) < 4.78 is 2.40. The van der Waals surface area contributed by atoms with Crippen LogP contribution >= 0.6 is 11.9 Å². The largest absolute Gasteiger partial charge is 0.315 e. The summed E-state index contributed by atoms with van der Waals surface area (Å²) in [5.74, 6) is 1.26. The molecule has 138 valence electrons. The smallest absolute Gasteiger partial charge is 0.227 e. The van der Waals surface area contributed by atoms with Crippen molar-refractivity contribution in [1.82, 2.24) is 9.29 Å². The van der Waals surface area contributed by atoms with Gasteiger partial charge in [0.2, 0.25) is 5.91 Å². The van der Waals surface area contributed by atoms with E-state index >= 15 is 0 Å². The van der Waals surface area contributed by atoms with Crippen molar-refractivity contribution in [2.75, 3.05) is 24.2 Å². The first-order chi connectivity index (χ1) is 12.5. The molecule has 2 aromatic rings. The Morgan fingerprint density at radius 1 is 1.19 bits per heavy atom. The number of hydrogen-bond acceptors (Lipinski definition) is 4. The van der Waals surface area contributed by atoms with Gasteiger partial charge in [-0.15, -0.1) is 0 Å². The first-order valence-corrected chi connectivity index (χ1v) is 10.2. The average Bonchev–Trinajstić information content (AvgIpc) is 2.68. The third-order valence-corrected chi connectivity index (χ3v) is 6.20. The predicted molar refractivity (Wildman–Crippen MR) is 110 cm³/mol. The molecule has 0 radical (unpaired) electrons. The van der Waals surface area contributed by atoms with Crippen molar-refractivity contribution in [2.24, 2.45) is 0 Å². The maximum atomic E-state index is 11.9. The average molecular weight is 370 g/mol. The first-order valence-electron chi connectivity index (χ1n) is 9.29. The molecule has 0 bridgehead atoms. The van der Waals surface area contributed by atoms with Crippen LogP contribution in [0.5, 0.6) is 0 Å². The molecule has 1 aliphatic heterocycles. The summed E-state index contributed by atoms with van der Waals surface area (Å²) in [6.45, 7) is 7.62. The molecule has 0 N–H and O–H groups in total. The Morgan fingerprint density at radius 3 is 2.73 bits per heavy atom. The molecule has 3 rings (SSSR count). The van der Waals surface area contributed by atoms with Gasteiger partial charge in [0.1, 0.15) is 0 Å². The molecule has 0 fully saturated rings. The number of carbonyl (C=O) groups is 1. The van der Waals surface area contributed by atoms with Gasteiger partial charge < -0.3 is 4.90 Å². The SMILES string of the molecule is CCSN(CC)C(C)c1cncc(-c2ccc3c(c2)CCC(=O)N3C)c1. The molecule has 1 aromatic carbocycles. The molecule has 5 heteroatoms. The van der Waals surface area contributed by atoms with Gasteiger partial charge in [-0.1, -0.05) is 31.9 Å². The number of anilines is 1. The Labute approximate surface area is 160 Å². The van der Waals surface area contributed by atoms with Gasteiger partial charge in [-0.25, -0.2) is 4.31 Å². The van der Waals surface area contributed by atoms with E-state index in [0.717, 1.165) is 30.0 Å². The van der Waals surface area contributed by atoms with Crippen molar-refractivity contribution >= 4 is 23.5 Å². The summed E-state index contributed by atoms with van der Waals surface area (Å²) in [7, 11) is 1.86. The van der Waals surface area contributed by atoms with Gasteiger partial charge >= 0.3 is 0 Å².